The molecule has 0 saturated carbocycles. The number of amides is 1. The maximum atomic E-state index is 14.0. The maximum Gasteiger partial charge on any atom is 0.267 e. The first-order chi connectivity index (χ1) is 19.6. The minimum absolute atomic E-state index is 0.0841. The molecule has 7 nitrogen and oxygen atoms in total. The molecule has 0 spiro atoms. The van der Waals surface area contributed by atoms with Crippen molar-refractivity contribution in [3.05, 3.63) is 117 Å². The fourth-order valence-electron chi connectivity index (χ4n) is 4.91. The van der Waals surface area contributed by atoms with Gasteiger partial charge in [0, 0.05) is 30.2 Å². The number of anilines is 1. The highest BCUT2D eigenvalue weighted by Gasteiger charge is 2.26. The normalized spacial score (nSPS) is 13.1. The van der Waals surface area contributed by atoms with Crippen LogP contribution in [0.3, 0.4) is 0 Å². The SMILES string of the molecule is N#Cc1ccc(NC(=O)CSc2nc3sc4c(c3c(=O)n2-c2ccccc2)CCN(Cc2ccccc2)C4)cc1. The zero-order valence-corrected chi connectivity index (χ0v) is 23.2. The molecule has 5 aromatic rings. The molecule has 0 atom stereocenters. The van der Waals surface area contributed by atoms with E-state index in [1.54, 1.807) is 40.2 Å². The van der Waals surface area contributed by atoms with Gasteiger partial charge in [-0.05, 0) is 53.9 Å². The summed E-state index contributed by atoms with van der Waals surface area (Å²) in [5, 5.41) is 13.0. The molecule has 6 rings (SSSR count). The number of carbonyl (C=O) groups excluding carboxylic acids is 1. The monoisotopic (exact) mass is 563 g/mol. The number of nitriles is 1. The Kier molecular flexibility index (Phi) is 7.47. The highest BCUT2D eigenvalue weighted by Crippen LogP contribution is 2.34. The summed E-state index contributed by atoms with van der Waals surface area (Å²) in [7, 11) is 0. The molecule has 0 unspecified atom stereocenters. The molecule has 9 heteroatoms. The Hall–Kier alpha value is -4.23. The van der Waals surface area contributed by atoms with Gasteiger partial charge in [0.25, 0.3) is 5.56 Å². The Morgan fingerprint density at radius 2 is 1.75 bits per heavy atom. The van der Waals surface area contributed by atoms with Gasteiger partial charge in [-0.15, -0.1) is 11.3 Å². The van der Waals surface area contributed by atoms with E-state index in [-0.39, 0.29) is 17.2 Å². The molecule has 2 aromatic heterocycles. The van der Waals surface area contributed by atoms with E-state index < -0.39 is 0 Å². The van der Waals surface area contributed by atoms with Crippen LogP contribution in [0.1, 0.15) is 21.6 Å². The Labute approximate surface area is 239 Å². The Morgan fingerprint density at radius 1 is 1.02 bits per heavy atom. The molecule has 198 valence electrons. The van der Waals surface area contributed by atoms with Gasteiger partial charge in [-0.3, -0.25) is 19.1 Å². The lowest BCUT2D eigenvalue weighted by Gasteiger charge is -2.26. The van der Waals surface area contributed by atoms with Gasteiger partial charge in [-0.2, -0.15) is 5.26 Å². The topological polar surface area (TPSA) is 91.0 Å². The number of rotatable bonds is 7. The fraction of sp³-hybridized carbons (Fsp3) is 0.161. The Morgan fingerprint density at radius 3 is 2.48 bits per heavy atom. The number of aromatic nitrogens is 2. The predicted molar refractivity (Wildman–Crippen MR) is 160 cm³/mol. The van der Waals surface area contributed by atoms with Crippen molar-refractivity contribution >= 4 is 44.9 Å². The van der Waals surface area contributed by atoms with Crippen molar-refractivity contribution in [1.29, 1.82) is 5.26 Å². The van der Waals surface area contributed by atoms with Gasteiger partial charge in [-0.25, -0.2) is 4.98 Å². The smallest absolute Gasteiger partial charge is 0.267 e. The van der Waals surface area contributed by atoms with Crippen molar-refractivity contribution in [3.63, 3.8) is 0 Å². The molecular formula is C31H25N5O2S2. The molecule has 0 radical (unpaired) electrons. The molecule has 1 amide bonds. The summed E-state index contributed by atoms with van der Waals surface area (Å²) in [4.78, 5) is 36.0. The van der Waals surface area contributed by atoms with E-state index >= 15 is 0 Å². The minimum Gasteiger partial charge on any atom is -0.325 e. The molecule has 1 aliphatic rings. The zero-order chi connectivity index (χ0) is 27.5. The summed E-state index contributed by atoms with van der Waals surface area (Å²) in [6.07, 6.45) is 0.799. The Balaban J connectivity index is 1.30. The predicted octanol–water partition coefficient (Wildman–Crippen LogP) is 5.61. The number of nitrogens with one attached hydrogen (secondary N) is 1. The molecule has 0 saturated heterocycles. The van der Waals surface area contributed by atoms with Crippen LogP contribution in [0.15, 0.2) is 94.9 Å². The van der Waals surface area contributed by atoms with Gasteiger partial charge in [0.1, 0.15) is 4.83 Å². The second kappa shape index (κ2) is 11.5. The van der Waals surface area contributed by atoms with Gasteiger partial charge in [0.15, 0.2) is 5.16 Å². The van der Waals surface area contributed by atoms with Crippen LogP contribution in [0.25, 0.3) is 15.9 Å². The van der Waals surface area contributed by atoms with Gasteiger partial charge >= 0.3 is 0 Å². The highest BCUT2D eigenvalue weighted by molar-refractivity contribution is 7.99. The number of nitrogens with zero attached hydrogens (tertiary/aromatic N) is 4. The van der Waals surface area contributed by atoms with E-state index in [2.05, 4.69) is 40.6 Å². The van der Waals surface area contributed by atoms with E-state index in [0.29, 0.717) is 21.8 Å². The molecule has 3 aromatic carbocycles. The fourth-order valence-corrected chi connectivity index (χ4v) is 7.03. The lowest BCUT2D eigenvalue weighted by molar-refractivity contribution is -0.113. The summed E-state index contributed by atoms with van der Waals surface area (Å²) in [5.41, 5.74) is 4.13. The molecule has 0 bridgehead atoms. The quantitative estimate of drug-likeness (QED) is 0.205. The van der Waals surface area contributed by atoms with Crippen molar-refractivity contribution in [3.8, 4) is 11.8 Å². The summed E-state index contributed by atoms with van der Waals surface area (Å²) >= 11 is 2.82. The van der Waals surface area contributed by atoms with Crippen molar-refractivity contribution in [2.24, 2.45) is 0 Å². The minimum atomic E-state index is -0.217. The molecule has 40 heavy (non-hydrogen) atoms. The average molecular weight is 564 g/mol. The number of thiophene rings is 1. The van der Waals surface area contributed by atoms with E-state index in [1.807, 2.05) is 36.4 Å². The molecule has 0 fully saturated rings. The first-order valence-electron chi connectivity index (χ1n) is 12.9. The zero-order valence-electron chi connectivity index (χ0n) is 21.5. The standard InChI is InChI=1S/C31H25N5O2S2/c32-17-21-11-13-23(14-12-21)33-27(37)20-39-31-34-29-28(30(38)36(31)24-9-5-2-6-10-24)25-15-16-35(19-26(25)40-29)18-22-7-3-1-4-8-22/h1-14H,15-16,18-20H2,(H,33,37). The van der Waals surface area contributed by atoms with Crippen LogP contribution in [0, 0.1) is 11.3 Å². The first-order valence-corrected chi connectivity index (χ1v) is 14.7. The second-order valence-corrected chi connectivity index (χ2v) is 11.6. The third kappa shape index (κ3) is 5.42. The first kappa shape index (κ1) is 26.0. The molecule has 0 aliphatic carbocycles. The van der Waals surface area contributed by atoms with Crippen LogP contribution >= 0.6 is 23.1 Å². The molecule has 3 heterocycles. The third-order valence-corrected chi connectivity index (χ3v) is 8.87. The molecule has 1 aliphatic heterocycles. The number of hydrogen-bond donors (Lipinski definition) is 1. The van der Waals surface area contributed by atoms with Crippen molar-refractivity contribution in [2.75, 3.05) is 17.6 Å². The van der Waals surface area contributed by atoms with Gasteiger partial charge < -0.3 is 5.32 Å². The number of para-hydroxylation sites is 1. The van der Waals surface area contributed by atoms with Gasteiger partial charge in [-0.1, -0.05) is 60.3 Å². The lowest BCUT2D eigenvalue weighted by atomic mass is 10.0. The molecular weight excluding hydrogens is 539 g/mol. The maximum absolute atomic E-state index is 14.0. The van der Waals surface area contributed by atoms with E-state index in [1.165, 1.54) is 22.2 Å². The van der Waals surface area contributed by atoms with Crippen LogP contribution in [-0.4, -0.2) is 32.7 Å². The number of thioether (sulfide) groups is 1. The molecule has 1 N–H and O–H groups in total. The van der Waals surface area contributed by atoms with Crippen LogP contribution in [0.2, 0.25) is 0 Å². The number of fused-ring (bicyclic) bond motifs is 3. The van der Waals surface area contributed by atoms with Crippen LogP contribution in [-0.2, 0) is 24.3 Å². The van der Waals surface area contributed by atoms with Crippen LogP contribution < -0.4 is 10.9 Å². The summed E-state index contributed by atoms with van der Waals surface area (Å²) in [6, 6.07) is 28.7. The lowest BCUT2D eigenvalue weighted by Crippen LogP contribution is -2.30. The number of hydrogen-bond acceptors (Lipinski definition) is 7. The van der Waals surface area contributed by atoms with Crippen LogP contribution in [0.4, 0.5) is 5.69 Å². The van der Waals surface area contributed by atoms with Gasteiger partial charge in [0.05, 0.1) is 28.5 Å². The third-order valence-electron chi connectivity index (χ3n) is 6.82. The van der Waals surface area contributed by atoms with E-state index in [9.17, 15) is 9.59 Å². The Bertz CT molecular complexity index is 1780. The van der Waals surface area contributed by atoms with E-state index in [0.717, 1.165) is 42.1 Å². The van der Waals surface area contributed by atoms with Crippen molar-refractivity contribution in [2.45, 2.75) is 24.7 Å². The largest absolute Gasteiger partial charge is 0.325 e. The second-order valence-electron chi connectivity index (χ2n) is 9.53. The summed E-state index contributed by atoms with van der Waals surface area (Å²) in [5.74, 6) is -0.133. The average Bonchev–Trinajstić information content (AvgIpc) is 3.35. The van der Waals surface area contributed by atoms with Gasteiger partial charge in [0.2, 0.25) is 5.91 Å². The highest BCUT2D eigenvalue weighted by atomic mass is 32.2. The van der Waals surface area contributed by atoms with Crippen molar-refractivity contribution < 1.29 is 4.79 Å². The summed E-state index contributed by atoms with van der Waals surface area (Å²) in [6.45, 7) is 2.53. The summed E-state index contributed by atoms with van der Waals surface area (Å²) < 4.78 is 1.63. The van der Waals surface area contributed by atoms with Crippen molar-refractivity contribution in [1.82, 2.24) is 14.5 Å². The van der Waals surface area contributed by atoms with Crippen LogP contribution in [0.5, 0.6) is 0 Å². The number of carbonyl (C=O) groups is 1. The van der Waals surface area contributed by atoms with E-state index in [4.69, 9.17) is 10.2 Å². The number of benzene rings is 3.